The second-order valence-electron chi connectivity index (χ2n) is 13.1. The van der Waals surface area contributed by atoms with Crippen LogP contribution in [0.2, 0.25) is 0 Å². The summed E-state index contributed by atoms with van der Waals surface area (Å²) in [5.74, 6) is 5.98. The lowest BCUT2D eigenvalue weighted by Gasteiger charge is -2.53. The number of ether oxygens (including phenoxy) is 2. The van der Waals surface area contributed by atoms with Crippen LogP contribution in [0.1, 0.15) is 87.8 Å². The smallest absolute Gasteiger partial charge is 0.127 e. The lowest BCUT2D eigenvalue weighted by Crippen LogP contribution is -2.45. The number of phenols is 1. The van der Waals surface area contributed by atoms with Crippen molar-refractivity contribution in [2.75, 3.05) is 26.8 Å². The number of likely N-dealkylation sites (tertiary alicyclic amines) is 1. The number of methoxy groups -OCH3 is 1. The number of phenolic OH excluding ortho intramolecular Hbond substituents is 1. The van der Waals surface area contributed by atoms with Crippen molar-refractivity contribution in [3.8, 4) is 17.2 Å². The van der Waals surface area contributed by atoms with E-state index in [1.807, 2.05) is 12.1 Å². The van der Waals surface area contributed by atoms with E-state index in [2.05, 4.69) is 43.0 Å². The van der Waals surface area contributed by atoms with Crippen molar-refractivity contribution in [2.24, 2.45) is 29.1 Å². The number of rotatable bonds is 7. The Morgan fingerprint density at radius 2 is 1.87 bits per heavy atom. The van der Waals surface area contributed by atoms with E-state index in [1.165, 1.54) is 74.7 Å². The van der Waals surface area contributed by atoms with Crippen LogP contribution in [0.15, 0.2) is 36.4 Å². The van der Waals surface area contributed by atoms with Gasteiger partial charge in [0.2, 0.25) is 0 Å². The van der Waals surface area contributed by atoms with Crippen LogP contribution in [0.5, 0.6) is 17.2 Å². The number of hydrogen-bond donors (Lipinski definition) is 1. The zero-order valence-electron chi connectivity index (χ0n) is 23.8. The maximum absolute atomic E-state index is 10.1. The largest absolute Gasteiger partial charge is 0.508 e. The predicted octanol–water partition coefficient (Wildman–Crippen LogP) is 7.57. The summed E-state index contributed by atoms with van der Waals surface area (Å²) >= 11 is 0. The van der Waals surface area contributed by atoms with Crippen molar-refractivity contribution >= 4 is 0 Å². The average Bonchev–Trinajstić information content (AvgIpc) is 3.25. The zero-order valence-corrected chi connectivity index (χ0v) is 23.8. The number of fused-ring (bicyclic) bond motifs is 5. The van der Waals surface area contributed by atoms with Gasteiger partial charge in [-0.15, -0.1) is 0 Å². The molecule has 0 unspecified atom stereocenters. The van der Waals surface area contributed by atoms with E-state index in [-0.39, 0.29) is 0 Å². The van der Waals surface area contributed by atoms with Crippen LogP contribution in [0.4, 0.5) is 0 Å². The Balaban J connectivity index is 1.08. The molecule has 3 aliphatic carbocycles. The Hall–Kier alpha value is -2.20. The second kappa shape index (κ2) is 10.8. The van der Waals surface area contributed by atoms with Gasteiger partial charge in [-0.05, 0) is 129 Å². The summed E-state index contributed by atoms with van der Waals surface area (Å²) in [6.07, 6.45) is 11.5. The first-order valence-electron chi connectivity index (χ1n) is 15.3. The van der Waals surface area contributed by atoms with Gasteiger partial charge in [0.25, 0.3) is 0 Å². The SMILES string of the molecule is COc1cc(OCC[C@H]2CC[C@H]3[C@@H]4[C@H](C)Cc5cc(O)ccc5[C@H]4CC[C@]23C)ccc1CN1CCCCC1. The Bertz CT molecular complexity index is 1120. The Kier molecular flexibility index (Phi) is 7.37. The highest BCUT2D eigenvalue weighted by Gasteiger charge is 2.55. The van der Waals surface area contributed by atoms with Gasteiger partial charge in [0.1, 0.15) is 17.2 Å². The van der Waals surface area contributed by atoms with E-state index in [1.54, 1.807) is 7.11 Å². The first-order chi connectivity index (χ1) is 18.5. The molecule has 2 aromatic carbocycles. The summed E-state index contributed by atoms with van der Waals surface area (Å²) in [6, 6.07) is 12.6. The van der Waals surface area contributed by atoms with Crippen molar-refractivity contribution in [1.82, 2.24) is 4.90 Å². The number of piperidine rings is 1. The molecule has 4 heteroatoms. The highest BCUT2D eigenvalue weighted by Crippen LogP contribution is 2.64. The van der Waals surface area contributed by atoms with Crippen LogP contribution < -0.4 is 9.47 Å². The van der Waals surface area contributed by atoms with Gasteiger partial charge in [0.15, 0.2) is 0 Å². The van der Waals surface area contributed by atoms with Crippen molar-refractivity contribution in [3.63, 3.8) is 0 Å². The van der Waals surface area contributed by atoms with E-state index in [9.17, 15) is 5.11 Å². The van der Waals surface area contributed by atoms with Gasteiger partial charge < -0.3 is 14.6 Å². The fraction of sp³-hybridized carbons (Fsp3) is 0.647. The number of nitrogens with zero attached hydrogens (tertiary/aromatic N) is 1. The molecular formula is C34H47NO3. The monoisotopic (exact) mass is 517 g/mol. The highest BCUT2D eigenvalue weighted by atomic mass is 16.5. The molecule has 38 heavy (non-hydrogen) atoms. The molecular weight excluding hydrogens is 470 g/mol. The second-order valence-corrected chi connectivity index (χ2v) is 13.1. The first kappa shape index (κ1) is 26.0. The first-order valence-corrected chi connectivity index (χ1v) is 15.3. The predicted molar refractivity (Wildman–Crippen MR) is 153 cm³/mol. The normalized spacial score (nSPS) is 32.8. The minimum absolute atomic E-state index is 0.420. The van der Waals surface area contributed by atoms with Crippen LogP contribution in [-0.2, 0) is 13.0 Å². The van der Waals surface area contributed by atoms with Crippen LogP contribution in [0.25, 0.3) is 0 Å². The third kappa shape index (κ3) is 4.83. The van der Waals surface area contributed by atoms with Crippen LogP contribution in [0.3, 0.4) is 0 Å². The van der Waals surface area contributed by atoms with E-state index in [4.69, 9.17) is 9.47 Å². The Morgan fingerprint density at radius 1 is 1.03 bits per heavy atom. The quantitative estimate of drug-likeness (QED) is 0.411. The van der Waals surface area contributed by atoms with E-state index in [0.717, 1.165) is 55.2 Å². The fourth-order valence-electron chi connectivity index (χ4n) is 9.17. The lowest BCUT2D eigenvalue weighted by molar-refractivity contribution is 0.000913. The van der Waals surface area contributed by atoms with Gasteiger partial charge in [-0.3, -0.25) is 4.90 Å². The van der Waals surface area contributed by atoms with Crippen molar-refractivity contribution in [1.29, 1.82) is 0 Å². The van der Waals surface area contributed by atoms with Gasteiger partial charge in [0, 0.05) is 18.2 Å². The average molecular weight is 518 g/mol. The molecule has 0 amide bonds. The van der Waals surface area contributed by atoms with Gasteiger partial charge in [-0.1, -0.05) is 32.4 Å². The molecule has 0 spiro atoms. The summed E-state index contributed by atoms with van der Waals surface area (Å²) in [6.45, 7) is 9.21. The molecule has 4 aliphatic rings. The van der Waals surface area contributed by atoms with Gasteiger partial charge >= 0.3 is 0 Å². The maximum Gasteiger partial charge on any atom is 0.127 e. The molecule has 206 valence electrons. The third-order valence-electron chi connectivity index (χ3n) is 11.1. The molecule has 4 nitrogen and oxygen atoms in total. The molecule has 1 heterocycles. The fourth-order valence-corrected chi connectivity index (χ4v) is 9.17. The molecule has 2 aromatic rings. The highest BCUT2D eigenvalue weighted by molar-refractivity contribution is 5.41. The minimum atomic E-state index is 0.420. The van der Waals surface area contributed by atoms with Crippen molar-refractivity contribution in [2.45, 2.75) is 84.1 Å². The summed E-state index contributed by atoms with van der Waals surface area (Å²) < 4.78 is 12.1. The molecule has 1 aliphatic heterocycles. The topological polar surface area (TPSA) is 41.9 Å². The molecule has 6 atom stereocenters. The standard InChI is InChI=1S/C34H47NO3/c1-23-19-25-20-27(36)9-11-29(25)30-13-15-34(2)26(8-12-31(34)33(23)30)14-18-38-28-10-7-24(32(21-28)37-3)22-35-16-5-4-6-17-35/h7,9-11,20-21,23,26,30-31,33,36H,4-6,8,12-19,22H2,1-3H3/t23-,26-,30-,31+,33-,34-/m1/s1. The molecule has 3 fully saturated rings. The summed E-state index contributed by atoms with van der Waals surface area (Å²) in [4.78, 5) is 2.55. The molecule has 6 rings (SSSR count). The lowest BCUT2D eigenvalue weighted by atomic mass is 9.51. The van der Waals surface area contributed by atoms with Crippen LogP contribution >= 0.6 is 0 Å². The number of hydrogen-bond acceptors (Lipinski definition) is 4. The summed E-state index contributed by atoms with van der Waals surface area (Å²) in [5.41, 5.74) is 4.60. The Morgan fingerprint density at radius 3 is 2.68 bits per heavy atom. The van der Waals surface area contributed by atoms with Crippen molar-refractivity contribution in [3.05, 3.63) is 53.1 Å². The minimum Gasteiger partial charge on any atom is -0.508 e. The summed E-state index contributed by atoms with van der Waals surface area (Å²) in [5, 5.41) is 10.1. The van der Waals surface area contributed by atoms with Gasteiger partial charge in [0.05, 0.1) is 13.7 Å². The molecule has 2 saturated carbocycles. The van der Waals surface area contributed by atoms with Crippen molar-refractivity contribution < 1.29 is 14.6 Å². The maximum atomic E-state index is 10.1. The summed E-state index contributed by atoms with van der Waals surface area (Å²) in [7, 11) is 1.78. The molecule has 1 N–H and O–H groups in total. The zero-order chi connectivity index (χ0) is 26.3. The number of aromatic hydroxyl groups is 1. The number of benzene rings is 2. The van der Waals surface area contributed by atoms with E-state index in [0.29, 0.717) is 23.0 Å². The van der Waals surface area contributed by atoms with Gasteiger partial charge in [-0.2, -0.15) is 0 Å². The van der Waals surface area contributed by atoms with E-state index >= 15 is 0 Å². The third-order valence-corrected chi connectivity index (χ3v) is 11.1. The van der Waals surface area contributed by atoms with Crippen LogP contribution in [0, 0.1) is 29.1 Å². The molecule has 0 bridgehead atoms. The molecule has 0 radical (unpaired) electrons. The molecule has 1 saturated heterocycles. The Labute approximate surface area is 229 Å². The van der Waals surface area contributed by atoms with E-state index < -0.39 is 0 Å². The van der Waals surface area contributed by atoms with Gasteiger partial charge in [-0.25, -0.2) is 0 Å². The molecule has 0 aromatic heterocycles. The van der Waals surface area contributed by atoms with Crippen LogP contribution in [-0.4, -0.2) is 36.8 Å².